The van der Waals surface area contributed by atoms with Gasteiger partial charge in [0.1, 0.15) is 11.9 Å². The van der Waals surface area contributed by atoms with E-state index in [0.717, 1.165) is 5.56 Å². The average Bonchev–Trinajstić information content (AvgIpc) is 3.44. The summed E-state index contributed by atoms with van der Waals surface area (Å²) in [6.07, 6.45) is -0.766. The van der Waals surface area contributed by atoms with Crippen molar-refractivity contribution in [2.24, 2.45) is 5.41 Å². The fraction of sp³-hybridized carbons (Fsp3) is 0.517. The van der Waals surface area contributed by atoms with E-state index in [1.165, 1.54) is 23.5 Å². The monoisotopic (exact) mass is 573 g/mol. The van der Waals surface area contributed by atoms with Gasteiger partial charge in [-0.15, -0.1) is 0 Å². The molecular formula is C29H39N3O7S. The molecule has 40 heavy (non-hydrogen) atoms. The minimum absolute atomic E-state index is 0.0461. The summed E-state index contributed by atoms with van der Waals surface area (Å²) in [6.45, 7) is 4.36. The van der Waals surface area contributed by atoms with Gasteiger partial charge in [0.2, 0.25) is 10.0 Å². The summed E-state index contributed by atoms with van der Waals surface area (Å²) >= 11 is 0. The van der Waals surface area contributed by atoms with Crippen molar-refractivity contribution in [3.05, 3.63) is 60.2 Å². The lowest BCUT2D eigenvalue weighted by Gasteiger charge is -2.34. The molecule has 2 aromatic carbocycles. The third-order valence-electron chi connectivity index (χ3n) is 6.83. The van der Waals surface area contributed by atoms with Crippen LogP contribution < -0.4 is 10.1 Å². The molecular weight excluding hydrogens is 534 g/mol. The highest BCUT2D eigenvalue weighted by Crippen LogP contribution is 2.28. The zero-order valence-corrected chi connectivity index (χ0v) is 24.1. The van der Waals surface area contributed by atoms with E-state index in [9.17, 15) is 18.3 Å². The maximum absolute atomic E-state index is 13.8. The molecule has 1 amide bonds. The second-order valence-electron chi connectivity index (χ2n) is 10.7. The van der Waals surface area contributed by atoms with E-state index in [0.29, 0.717) is 31.8 Å². The minimum atomic E-state index is -4.06. The molecule has 1 fully saturated rings. The molecule has 1 saturated heterocycles. The molecule has 3 rings (SSSR count). The smallest absolute Gasteiger partial charge is 0.407 e. The summed E-state index contributed by atoms with van der Waals surface area (Å²) in [5.74, 6) is 0.512. The Bertz CT molecular complexity index is 1220. The number of rotatable bonds is 14. The molecule has 0 aliphatic carbocycles. The van der Waals surface area contributed by atoms with Crippen LogP contribution in [0.4, 0.5) is 4.79 Å². The van der Waals surface area contributed by atoms with Crippen molar-refractivity contribution in [3.63, 3.8) is 0 Å². The van der Waals surface area contributed by atoms with Gasteiger partial charge in [-0.05, 0) is 48.1 Å². The second kappa shape index (κ2) is 14.5. The van der Waals surface area contributed by atoms with Gasteiger partial charge >= 0.3 is 6.09 Å². The van der Waals surface area contributed by atoms with Crippen molar-refractivity contribution in [1.29, 1.82) is 5.26 Å². The van der Waals surface area contributed by atoms with Crippen LogP contribution in [0.3, 0.4) is 0 Å². The molecule has 0 radical (unpaired) electrons. The number of ether oxygens (including phenoxy) is 3. The third-order valence-corrected chi connectivity index (χ3v) is 8.66. The number of benzene rings is 2. The van der Waals surface area contributed by atoms with Gasteiger partial charge in [-0.3, -0.25) is 0 Å². The molecule has 0 spiro atoms. The number of nitrogens with zero attached hydrogens (tertiary/aromatic N) is 2. The quantitative estimate of drug-likeness (QED) is 0.350. The van der Waals surface area contributed by atoms with Crippen molar-refractivity contribution in [2.75, 3.05) is 33.4 Å². The van der Waals surface area contributed by atoms with Gasteiger partial charge in [0.15, 0.2) is 0 Å². The zero-order chi connectivity index (χ0) is 29.2. The van der Waals surface area contributed by atoms with Gasteiger partial charge in [0.25, 0.3) is 0 Å². The largest absolute Gasteiger partial charge is 0.497 e. The van der Waals surface area contributed by atoms with Crippen LogP contribution in [-0.2, 0) is 25.9 Å². The number of alkyl carbamates (subject to hydrolysis) is 1. The molecule has 3 atom stereocenters. The van der Waals surface area contributed by atoms with Gasteiger partial charge in [-0.2, -0.15) is 9.57 Å². The van der Waals surface area contributed by atoms with Crippen LogP contribution in [0.5, 0.6) is 5.75 Å². The van der Waals surface area contributed by atoms with Crippen molar-refractivity contribution in [3.8, 4) is 11.8 Å². The predicted octanol–water partition coefficient (Wildman–Crippen LogP) is 3.50. The standard InChI is InChI=1S/C29H39N3O7S/c1-29(2,15-7-16-30)21-32(40(35,36)25-12-10-23(37-3)11-13-25)19-27(33)26(18-22-8-5-4-6-9-22)31-28(34)39-24-14-17-38-20-24/h4-6,8-13,24,26-27,33H,7,14-15,17-21H2,1-3H3,(H,31,34)/t24?,26-,27?/m0/s1. The number of aliphatic hydroxyl groups is 1. The Kier molecular flexibility index (Phi) is 11.3. The number of carbonyl (C=O) groups is 1. The van der Waals surface area contributed by atoms with Crippen LogP contribution in [-0.4, -0.2) is 75.6 Å². The molecule has 2 unspecified atom stereocenters. The Morgan fingerprint density at radius 1 is 1.23 bits per heavy atom. The minimum Gasteiger partial charge on any atom is -0.497 e. The van der Waals surface area contributed by atoms with Gasteiger partial charge < -0.3 is 24.6 Å². The zero-order valence-electron chi connectivity index (χ0n) is 23.3. The maximum atomic E-state index is 13.8. The molecule has 10 nitrogen and oxygen atoms in total. The van der Waals surface area contributed by atoms with E-state index in [4.69, 9.17) is 19.5 Å². The van der Waals surface area contributed by atoms with Gasteiger partial charge in [0, 0.05) is 25.9 Å². The number of nitrogens with one attached hydrogen (secondary N) is 1. The molecule has 218 valence electrons. The van der Waals surface area contributed by atoms with E-state index in [1.807, 2.05) is 44.2 Å². The fourth-order valence-corrected chi connectivity index (χ4v) is 6.17. The number of methoxy groups -OCH3 is 1. The van der Waals surface area contributed by atoms with Gasteiger partial charge in [0.05, 0.1) is 43.4 Å². The second-order valence-corrected chi connectivity index (χ2v) is 12.6. The number of aliphatic hydroxyl groups excluding tert-OH is 1. The lowest BCUT2D eigenvalue weighted by Crippen LogP contribution is -2.52. The Labute approximate surface area is 236 Å². The summed E-state index contributed by atoms with van der Waals surface area (Å²) in [5, 5.41) is 23.3. The number of carbonyl (C=O) groups excluding carboxylic acids is 1. The topological polar surface area (TPSA) is 138 Å². The molecule has 11 heteroatoms. The summed E-state index contributed by atoms with van der Waals surface area (Å²) in [5.41, 5.74) is 0.300. The first-order valence-electron chi connectivity index (χ1n) is 13.3. The number of sulfonamides is 1. The Morgan fingerprint density at radius 3 is 2.52 bits per heavy atom. The molecule has 0 aromatic heterocycles. The normalized spacial score (nSPS) is 17.1. The summed E-state index contributed by atoms with van der Waals surface area (Å²) in [7, 11) is -2.56. The SMILES string of the molecule is COc1ccc(S(=O)(=O)N(CC(O)[C@H](Cc2ccccc2)NC(=O)OC2CCOC2)CC(C)(C)CCC#N)cc1. The predicted molar refractivity (Wildman–Crippen MR) is 149 cm³/mol. The molecule has 0 saturated carbocycles. The van der Waals surface area contributed by atoms with Crippen LogP contribution in [0, 0.1) is 16.7 Å². The van der Waals surface area contributed by atoms with Crippen LogP contribution >= 0.6 is 0 Å². The maximum Gasteiger partial charge on any atom is 0.407 e. The molecule has 1 heterocycles. The molecule has 1 aliphatic rings. The van der Waals surface area contributed by atoms with E-state index in [-0.39, 0.29) is 36.9 Å². The molecule has 0 bridgehead atoms. The summed E-state index contributed by atoms with van der Waals surface area (Å²) in [4.78, 5) is 12.8. The summed E-state index contributed by atoms with van der Waals surface area (Å²) < 4.78 is 44.8. The number of hydrogen-bond acceptors (Lipinski definition) is 8. The fourth-order valence-electron chi connectivity index (χ4n) is 4.52. The lowest BCUT2D eigenvalue weighted by molar-refractivity contribution is 0.0625. The van der Waals surface area contributed by atoms with Crippen molar-refractivity contribution >= 4 is 16.1 Å². The first-order valence-corrected chi connectivity index (χ1v) is 14.8. The highest BCUT2D eigenvalue weighted by atomic mass is 32.2. The van der Waals surface area contributed by atoms with E-state index >= 15 is 0 Å². The van der Waals surface area contributed by atoms with Gasteiger partial charge in [-0.25, -0.2) is 13.2 Å². The third kappa shape index (κ3) is 9.20. The van der Waals surface area contributed by atoms with Crippen molar-refractivity contribution in [1.82, 2.24) is 9.62 Å². The average molecular weight is 574 g/mol. The van der Waals surface area contributed by atoms with Crippen molar-refractivity contribution < 1.29 is 32.5 Å². The van der Waals surface area contributed by atoms with Crippen LogP contribution in [0.15, 0.2) is 59.5 Å². The van der Waals surface area contributed by atoms with Crippen LogP contribution in [0.1, 0.15) is 38.7 Å². The first-order chi connectivity index (χ1) is 19.0. The highest BCUT2D eigenvalue weighted by Gasteiger charge is 2.35. The number of hydrogen-bond donors (Lipinski definition) is 2. The number of amides is 1. The Hall–Kier alpha value is -3.17. The Morgan fingerprint density at radius 2 is 1.93 bits per heavy atom. The molecule has 2 N–H and O–H groups in total. The van der Waals surface area contributed by atoms with E-state index in [2.05, 4.69) is 11.4 Å². The number of nitriles is 1. The first kappa shape index (κ1) is 31.4. The Balaban J connectivity index is 1.87. The van der Waals surface area contributed by atoms with Crippen LogP contribution in [0.25, 0.3) is 0 Å². The van der Waals surface area contributed by atoms with Crippen LogP contribution in [0.2, 0.25) is 0 Å². The van der Waals surface area contributed by atoms with Gasteiger partial charge in [-0.1, -0.05) is 44.2 Å². The van der Waals surface area contributed by atoms with E-state index in [1.54, 1.807) is 12.1 Å². The van der Waals surface area contributed by atoms with E-state index < -0.39 is 33.7 Å². The summed E-state index contributed by atoms with van der Waals surface area (Å²) in [6, 6.07) is 16.6. The highest BCUT2D eigenvalue weighted by molar-refractivity contribution is 7.89. The van der Waals surface area contributed by atoms with Crippen molar-refractivity contribution in [2.45, 2.75) is 62.7 Å². The molecule has 2 aromatic rings. The lowest BCUT2D eigenvalue weighted by atomic mass is 9.88. The molecule has 1 aliphatic heterocycles.